The van der Waals surface area contributed by atoms with Crippen LogP contribution in [0.4, 0.5) is 0 Å². The van der Waals surface area contributed by atoms with Gasteiger partial charge in [0.25, 0.3) is 0 Å². The first kappa shape index (κ1) is 18.3. The summed E-state index contributed by atoms with van der Waals surface area (Å²) in [5.74, 6) is -0.328. The summed E-state index contributed by atoms with van der Waals surface area (Å²) in [6, 6.07) is 4.77. The second-order valence-electron chi connectivity index (χ2n) is 7.24. The summed E-state index contributed by atoms with van der Waals surface area (Å²) in [6.45, 7) is 1.64. The van der Waals surface area contributed by atoms with E-state index in [1.165, 1.54) is 18.2 Å². The Morgan fingerprint density at radius 1 is 1.11 bits per heavy atom. The molecule has 0 fully saturated rings. The molecule has 4 N–H and O–H groups in total. The first-order chi connectivity index (χ1) is 13.2. The molecule has 0 spiro atoms. The minimum absolute atomic E-state index is 0.0154. The van der Waals surface area contributed by atoms with Crippen molar-refractivity contribution in [3.8, 4) is 11.5 Å². The van der Waals surface area contributed by atoms with Gasteiger partial charge in [-0.3, -0.25) is 4.79 Å². The number of aryl methyl sites for hydroxylation is 1. The lowest BCUT2D eigenvalue weighted by molar-refractivity contribution is -0.0345. The lowest BCUT2D eigenvalue weighted by atomic mass is 9.77. The van der Waals surface area contributed by atoms with Crippen molar-refractivity contribution < 1.29 is 29.3 Å². The number of aliphatic hydroxyl groups excluding tert-OH is 1. The average Bonchev–Trinajstić information content (AvgIpc) is 2.51. The minimum atomic E-state index is -1.87. The van der Waals surface area contributed by atoms with Crippen molar-refractivity contribution in [2.45, 2.75) is 37.9 Å². The van der Waals surface area contributed by atoms with Gasteiger partial charge in [0, 0.05) is 31.4 Å². The Hall–Kier alpha value is -3.10. The first-order valence-corrected chi connectivity index (χ1v) is 8.69. The van der Waals surface area contributed by atoms with Crippen molar-refractivity contribution in [2.24, 2.45) is 0 Å². The van der Waals surface area contributed by atoms with Crippen LogP contribution >= 0.6 is 0 Å². The molecule has 8 heteroatoms. The van der Waals surface area contributed by atoms with Crippen molar-refractivity contribution in [3.63, 3.8) is 0 Å². The van der Waals surface area contributed by atoms with Gasteiger partial charge in [0.1, 0.15) is 34.2 Å². The molecule has 0 saturated heterocycles. The van der Waals surface area contributed by atoms with E-state index in [4.69, 9.17) is 8.83 Å². The zero-order valence-electron chi connectivity index (χ0n) is 14.9. The zero-order valence-corrected chi connectivity index (χ0v) is 14.9. The third kappa shape index (κ3) is 2.96. The maximum absolute atomic E-state index is 13.2. The van der Waals surface area contributed by atoms with Crippen molar-refractivity contribution in [2.75, 3.05) is 0 Å². The molecule has 0 aliphatic heterocycles. The van der Waals surface area contributed by atoms with Crippen LogP contribution in [-0.2, 0) is 18.4 Å². The average molecular weight is 386 g/mol. The van der Waals surface area contributed by atoms with E-state index in [-0.39, 0.29) is 58.8 Å². The van der Waals surface area contributed by atoms with Crippen LogP contribution in [0.25, 0.3) is 11.0 Å². The molecule has 0 bridgehead atoms. The minimum Gasteiger partial charge on any atom is -0.508 e. The maximum atomic E-state index is 13.2. The zero-order chi connectivity index (χ0) is 20.2. The Morgan fingerprint density at radius 2 is 1.82 bits per heavy atom. The van der Waals surface area contributed by atoms with Crippen LogP contribution in [-0.4, -0.2) is 26.5 Å². The fourth-order valence-corrected chi connectivity index (χ4v) is 3.99. The molecule has 1 aromatic carbocycles. The molecule has 0 radical (unpaired) electrons. The predicted molar refractivity (Wildman–Crippen MR) is 97.5 cm³/mol. The van der Waals surface area contributed by atoms with Crippen LogP contribution in [0.5, 0.6) is 11.5 Å². The molecule has 2 atom stereocenters. The summed E-state index contributed by atoms with van der Waals surface area (Å²) in [5, 5.41) is 41.2. The number of hydrogen-bond acceptors (Lipinski definition) is 8. The molecule has 2 unspecified atom stereocenters. The quantitative estimate of drug-likeness (QED) is 0.515. The molecular formula is C20H18O8. The Bertz CT molecular complexity index is 1210. The van der Waals surface area contributed by atoms with Crippen LogP contribution in [0.3, 0.4) is 0 Å². The molecule has 0 saturated carbocycles. The Balaban J connectivity index is 1.95. The molecule has 28 heavy (non-hydrogen) atoms. The predicted octanol–water partition coefficient (Wildman–Crippen LogP) is 1.20. The van der Waals surface area contributed by atoms with Crippen LogP contribution < -0.4 is 11.1 Å². The normalized spacial score (nSPS) is 21.6. The number of hydrogen-bond donors (Lipinski definition) is 4. The van der Waals surface area contributed by atoms with E-state index in [2.05, 4.69) is 0 Å². The van der Waals surface area contributed by atoms with Crippen molar-refractivity contribution in [1.29, 1.82) is 0 Å². The molecule has 8 nitrogen and oxygen atoms in total. The SMILES string of the molecule is Cc1cc(O)cc2oc3c(c(=O)c12)C(O)(Cc1cc(O)cc(=O)o1)CC(O)C3. The Morgan fingerprint density at radius 3 is 2.54 bits per heavy atom. The second-order valence-corrected chi connectivity index (χ2v) is 7.24. The second kappa shape index (κ2) is 6.22. The lowest BCUT2D eigenvalue weighted by Gasteiger charge is -2.35. The fraction of sp³-hybridized carbons (Fsp3) is 0.300. The van der Waals surface area contributed by atoms with Gasteiger partial charge in [-0.15, -0.1) is 0 Å². The van der Waals surface area contributed by atoms with Crippen molar-refractivity contribution in [3.05, 3.63) is 67.6 Å². The highest BCUT2D eigenvalue weighted by atomic mass is 16.4. The molecular weight excluding hydrogens is 368 g/mol. The molecule has 4 rings (SSSR count). The molecule has 1 aliphatic carbocycles. The number of aromatic hydroxyl groups is 2. The summed E-state index contributed by atoms with van der Waals surface area (Å²) in [7, 11) is 0. The molecule has 146 valence electrons. The van der Waals surface area contributed by atoms with Crippen molar-refractivity contribution in [1.82, 2.24) is 0 Å². The van der Waals surface area contributed by atoms with E-state index in [0.29, 0.717) is 5.56 Å². The standard InChI is InChI=1S/C20H18O8/c1-9-2-10(21)4-14-17(9)19(25)18-15(28-14)5-12(23)7-20(18,26)8-13-3-11(22)6-16(24)27-13/h2-4,6,12,21-23,26H,5,7-8H2,1H3. The van der Waals surface area contributed by atoms with Gasteiger partial charge in [-0.25, -0.2) is 4.79 Å². The fourth-order valence-electron chi connectivity index (χ4n) is 3.99. The third-order valence-electron chi connectivity index (χ3n) is 4.98. The van der Waals surface area contributed by atoms with Gasteiger partial charge in [-0.05, 0) is 18.6 Å². The van der Waals surface area contributed by atoms with Gasteiger partial charge >= 0.3 is 5.63 Å². The van der Waals surface area contributed by atoms with Gasteiger partial charge in [0.2, 0.25) is 0 Å². The smallest absolute Gasteiger partial charge is 0.339 e. The number of fused-ring (bicyclic) bond motifs is 2. The van der Waals surface area contributed by atoms with E-state index in [9.17, 15) is 30.0 Å². The molecule has 1 aliphatic rings. The third-order valence-corrected chi connectivity index (χ3v) is 4.98. The highest BCUT2D eigenvalue weighted by Crippen LogP contribution is 2.38. The van der Waals surface area contributed by atoms with E-state index < -0.39 is 22.8 Å². The molecule has 0 amide bonds. The van der Waals surface area contributed by atoms with Crippen LogP contribution in [0.15, 0.2) is 42.7 Å². The van der Waals surface area contributed by atoms with E-state index in [1.54, 1.807) is 6.92 Å². The highest BCUT2D eigenvalue weighted by Gasteiger charge is 2.43. The summed E-state index contributed by atoms with van der Waals surface area (Å²) < 4.78 is 10.8. The monoisotopic (exact) mass is 386 g/mol. The van der Waals surface area contributed by atoms with E-state index in [0.717, 1.165) is 6.07 Å². The van der Waals surface area contributed by atoms with Gasteiger partial charge in [0.15, 0.2) is 5.43 Å². The Labute approximate surface area is 157 Å². The maximum Gasteiger partial charge on any atom is 0.339 e. The summed E-state index contributed by atoms with van der Waals surface area (Å²) in [5.41, 5.74) is -2.54. The molecule has 3 aromatic rings. The number of benzene rings is 1. The summed E-state index contributed by atoms with van der Waals surface area (Å²) in [6.07, 6.45) is -1.47. The summed E-state index contributed by atoms with van der Waals surface area (Å²) in [4.78, 5) is 24.8. The highest BCUT2D eigenvalue weighted by molar-refractivity contribution is 5.82. The van der Waals surface area contributed by atoms with E-state index >= 15 is 0 Å². The van der Waals surface area contributed by atoms with Gasteiger partial charge in [0.05, 0.1) is 23.1 Å². The Kier molecular flexibility index (Phi) is 4.06. The van der Waals surface area contributed by atoms with Crippen molar-refractivity contribution >= 4 is 11.0 Å². The van der Waals surface area contributed by atoms with Gasteiger partial charge in [-0.1, -0.05) is 0 Å². The topological polar surface area (TPSA) is 141 Å². The van der Waals surface area contributed by atoms with Crippen LogP contribution in [0, 0.1) is 6.92 Å². The van der Waals surface area contributed by atoms with Crippen LogP contribution in [0.2, 0.25) is 0 Å². The number of phenols is 1. The lowest BCUT2D eigenvalue weighted by Crippen LogP contribution is -2.43. The number of aliphatic hydroxyl groups is 2. The van der Waals surface area contributed by atoms with Gasteiger partial charge < -0.3 is 29.3 Å². The number of phenolic OH excluding ortho intramolecular Hbond substituents is 1. The number of rotatable bonds is 2. The molecule has 2 heterocycles. The van der Waals surface area contributed by atoms with E-state index in [1.807, 2.05) is 0 Å². The first-order valence-electron chi connectivity index (χ1n) is 8.69. The molecule has 2 aromatic heterocycles. The largest absolute Gasteiger partial charge is 0.508 e. The van der Waals surface area contributed by atoms with Gasteiger partial charge in [-0.2, -0.15) is 0 Å². The van der Waals surface area contributed by atoms with Crippen LogP contribution in [0.1, 0.15) is 29.1 Å². The summed E-state index contributed by atoms with van der Waals surface area (Å²) >= 11 is 0.